The summed E-state index contributed by atoms with van der Waals surface area (Å²) >= 11 is 0. The molecule has 1 atom stereocenters. The lowest BCUT2D eigenvalue weighted by Crippen LogP contribution is -2.43. The van der Waals surface area contributed by atoms with Crippen molar-refractivity contribution in [2.75, 3.05) is 6.54 Å². The second kappa shape index (κ2) is 7.39. The Morgan fingerprint density at radius 2 is 1.85 bits per heavy atom. The summed E-state index contributed by atoms with van der Waals surface area (Å²) < 4.78 is 0. The number of nitrogens with zero attached hydrogens (tertiary/aromatic N) is 1. The van der Waals surface area contributed by atoms with Crippen LogP contribution < -0.4 is 5.56 Å². The van der Waals surface area contributed by atoms with Crippen LogP contribution in [0, 0.1) is 0 Å². The number of nitrogens with one attached hydrogen (secondary N) is 1. The Morgan fingerprint density at radius 3 is 2.63 bits per heavy atom. The van der Waals surface area contributed by atoms with Crippen LogP contribution in [0.4, 0.5) is 0 Å². The van der Waals surface area contributed by atoms with E-state index in [1.165, 1.54) is 6.42 Å². The number of aromatic amines is 1. The van der Waals surface area contributed by atoms with Crippen LogP contribution in [0.3, 0.4) is 0 Å². The van der Waals surface area contributed by atoms with E-state index in [1.807, 2.05) is 53.4 Å². The Kier molecular flexibility index (Phi) is 4.80. The molecular formula is C23H24N2O2. The van der Waals surface area contributed by atoms with E-state index in [4.69, 9.17) is 0 Å². The molecule has 1 fully saturated rings. The summed E-state index contributed by atoms with van der Waals surface area (Å²) in [7, 11) is 0. The van der Waals surface area contributed by atoms with Crippen molar-refractivity contribution < 1.29 is 4.79 Å². The van der Waals surface area contributed by atoms with Crippen LogP contribution in [-0.4, -0.2) is 28.4 Å². The molecule has 4 rings (SSSR count). The summed E-state index contributed by atoms with van der Waals surface area (Å²) in [6, 6.07) is 15.9. The average Bonchev–Trinajstić information content (AvgIpc) is 2.73. The van der Waals surface area contributed by atoms with Crippen LogP contribution in [0.1, 0.15) is 43.0 Å². The minimum atomic E-state index is -0.0862. The first-order valence-electron chi connectivity index (χ1n) is 9.70. The Hall–Kier alpha value is -2.88. The average molecular weight is 360 g/mol. The van der Waals surface area contributed by atoms with Gasteiger partial charge in [0, 0.05) is 29.7 Å². The van der Waals surface area contributed by atoms with Gasteiger partial charge in [0.25, 0.3) is 11.5 Å². The fourth-order valence-electron chi connectivity index (χ4n) is 4.03. The predicted octanol–water partition coefficient (Wildman–Crippen LogP) is 4.60. The Labute approximate surface area is 158 Å². The van der Waals surface area contributed by atoms with Gasteiger partial charge in [-0.05, 0) is 66.5 Å². The highest BCUT2D eigenvalue weighted by atomic mass is 16.2. The molecule has 1 amide bonds. The minimum absolute atomic E-state index is 0.0862. The van der Waals surface area contributed by atoms with Crippen molar-refractivity contribution in [2.24, 2.45) is 0 Å². The van der Waals surface area contributed by atoms with Crippen molar-refractivity contribution in [1.29, 1.82) is 0 Å². The number of amides is 1. The van der Waals surface area contributed by atoms with Gasteiger partial charge >= 0.3 is 0 Å². The van der Waals surface area contributed by atoms with Crippen molar-refractivity contribution in [3.8, 4) is 11.1 Å². The molecule has 0 saturated carbocycles. The summed E-state index contributed by atoms with van der Waals surface area (Å²) in [5, 5.41) is 1.60. The molecule has 0 unspecified atom stereocenters. The monoisotopic (exact) mass is 360 g/mol. The highest BCUT2D eigenvalue weighted by Gasteiger charge is 2.26. The van der Waals surface area contributed by atoms with Crippen LogP contribution in [0.15, 0.2) is 59.5 Å². The van der Waals surface area contributed by atoms with Gasteiger partial charge in [0.2, 0.25) is 0 Å². The number of pyridine rings is 1. The van der Waals surface area contributed by atoms with E-state index in [0.717, 1.165) is 47.9 Å². The zero-order valence-electron chi connectivity index (χ0n) is 15.6. The number of H-pyrrole nitrogens is 1. The fourth-order valence-corrected chi connectivity index (χ4v) is 4.03. The molecule has 138 valence electrons. The molecule has 2 heterocycles. The van der Waals surface area contributed by atoms with Gasteiger partial charge in [-0.15, -0.1) is 0 Å². The largest absolute Gasteiger partial charge is 0.336 e. The van der Waals surface area contributed by atoms with Gasteiger partial charge in [-0.1, -0.05) is 31.2 Å². The summed E-state index contributed by atoms with van der Waals surface area (Å²) in [5.74, 6) is 0.128. The van der Waals surface area contributed by atoms with E-state index in [1.54, 1.807) is 6.20 Å². The maximum atomic E-state index is 12.9. The standard InChI is InChI=1S/C23H24N2O2/c1-2-20-5-3-4-14-25(20)23(27)18-9-6-16(7-10-18)19-11-8-17-12-13-24-22(26)21(17)15-19/h6-13,15,20H,2-5,14H2,1H3,(H,24,26)/t20-/m0/s1. The first-order valence-corrected chi connectivity index (χ1v) is 9.70. The Bertz CT molecular complexity index is 1020. The molecular weight excluding hydrogens is 336 g/mol. The van der Waals surface area contributed by atoms with Crippen molar-refractivity contribution in [3.05, 3.63) is 70.6 Å². The normalized spacial score (nSPS) is 17.2. The second-order valence-corrected chi connectivity index (χ2v) is 7.24. The molecule has 0 bridgehead atoms. The molecule has 1 saturated heterocycles. The lowest BCUT2D eigenvalue weighted by atomic mass is 9.97. The number of fused-ring (bicyclic) bond motifs is 1. The molecule has 1 aromatic heterocycles. The number of aromatic nitrogens is 1. The van der Waals surface area contributed by atoms with E-state index < -0.39 is 0 Å². The lowest BCUT2D eigenvalue weighted by Gasteiger charge is -2.35. The maximum Gasteiger partial charge on any atom is 0.255 e. The highest BCUT2D eigenvalue weighted by Crippen LogP contribution is 2.25. The van der Waals surface area contributed by atoms with Gasteiger partial charge in [0.1, 0.15) is 0 Å². The fraction of sp³-hybridized carbons (Fsp3) is 0.304. The van der Waals surface area contributed by atoms with E-state index in [-0.39, 0.29) is 11.5 Å². The molecule has 1 aliphatic rings. The van der Waals surface area contributed by atoms with E-state index in [9.17, 15) is 9.59 Å². The summed E-state index contributed by atoms with van der Waals surface area (Å²) in [6.45, 7) is 3.01. The molecule has 4 nitrogen and oxygen atoms in total. The van der Waals surface area contributed by atoms with Gasteiger partial charge in [0.05, 0.1) is 0 Å². The Morgan fingerprint density at radius 1 is 1.07 bits per heavy atom. The quantitative estimate of drug-likeness (QED) is 0.742. The SMILES string of the molecule is CC[C@H]1CCCCN1C(=O)c1ccc(-c2ccc3cc[nH]c(=O)c3c2)cc1. The second-order valence-electron chi connectivity index (χ2n) is 7.24. The summed E-state index contributed by atoms with van der Waals surface area (Å²) in [4.78, 5) is 29.7. The van der Waals surface area contributed by atoms with Gasteiger partial charge in [-0.25, -0.2) is 0 Å². The van der Waals surface area contributed by atoms with Crippen molar-refractivity contribution >= 4 is 16.7 Å². The molecule has 1 N–H and O–H groups in total. The summed E-state index contributed by atoms with van der Waals surface area (Å²) in [5.41, 5.74) is 2.62. The van der Waals surface area contributed by atoms with Crippen LogP contribution in [0.5, 0.6) is 0 Å². The number of carbonyl (C=O) groups excluding carboxylic acids is 1. The highest BCUT2D eigenvalue weighted by molar-refractivity contribution is 5.95. The molecule has 1 aliphatic heterocycles. The number of carbonyl (C=O) groups is 1. The van der Waals surface area contributed by atoms with Crippen LogP contribution >= 0.6 is 0 Å². The number of hydrogen-bond acceptors (Lipinski definition) is 2. The van der Waals surface area contributed by atoms with Gasteiger partial charge < -0.3 is 9.88 Å². The van der Waals surface area contributed by atoms with Crippen molar-refractivity contribution in [3.63, 3.8) is 0 Å². The molecule has 4 heteroatoms. The van der Waals surface area contributed by atoms with Crippen LogP contribution in [-0.2, 0) is 0 Å². The van der Waals surface area contributed by atoms with Gasteiger partial charge in [-0.3, -0.25) is 9.59 Å². The van der Waals surface area contributed by atoms with Gasteiger partial charge in [-0.2, -0.15) is 0 Å². The third-order valence-corrected chi connectivity index (χ3v) is 5.60. The van der Waals surface area contributed by atoms with E-state index >= 15 is 0 Å². The number of likely N-dealkylation sites (tertiary alicyclic amines) is 1. The number of hydrogen-bond donors (Lipinski definition) is 1. The van der Waals surface area contributed by atoms with E-state index in [0.29, 0.717) is 11.4 Å². The zero-order chi connectivity index (χ0) is 18.8. The molecule has 2 aromatic carbocycles. The minimum Gasteiger partial charge on any atom is -0.336 e. The molecule has 27 heavy (non-hydrogen) atoms. The van der Waals surface area contributed by atoms with E-state index in [2.05, 4.69) is 11.9 Å². The lowest BCUT2D eigenvalue weighted by molar-refractivity contribution is 0.0608. The summed E-state index contributed by atoms with van der Waals surface area (Å²) in [6.07, 6.45) is 6.07. The maximum absolute atomic E-state index is 12.9. The Balaban J connectivity index is 1.61. The molecule has 3 aromatic rings. The topological polar surface area (TPSA) is 53.2 Å². The number of rotatable bonds is 3. The molecule has 0 radical (unpaired) electrons. The zero-order valence-corrected chi connectivity index (χ0v) is 15.6. The van der Waals surface area contributed by atoms with Crippen molar-refractivity contribution in [1.82, 2.24) is 9.88 Å². The smallest absolute Gasteiger partial charge is 0.255 e. The number of benzene rings is 2. The molecule has 0 aliphatic carbocycles. The third kappa shape index (κ3) is 3.39. The van der Waals surface area contributed by atoms with Gasteiger partial charge in [0.15, 0.2) is 0 Å². The molecule has 0 spiro atoms. The van der Waals surface area contributed by atoms with Crippen LogP contribution in [0.25, 0.3) is 21.9 Å². The first kappa shape index (κ1) is 17.5. The van der Waals surface area contributed by atoms with Crippen molar-refractivity contribution in [2.45, 2.75) is 38.6 Å². The first-order chi connectivity index (χ1) is 13.2. The van der Waals surface area contributed by atoms with Crippen LogP contribution in [0.2, 0.25) is 0 Å². The predicted molar refractivity (Wildman–Crippen MR) is 109 cm³/mol. The third-order valence-electron chi connectivity index (χ3n) is 5.60. The number of piperidine rings is 1.